The van der Waals surface area contributed by atoms with E-state index in [-0.39, 0.29) is 18.0 Å². The Kier molecular flexibility index (Phi) is 5.65. The highest BCUT2D eigenvalue weighted by molar-refractivity contribution is 7.73. The number of benzene rings is 1. The van der Waals surface area contributed by atoms with E-state index in [1.165, 1.54) is 22.2 Å². The summed E-state index contributed by atoms with van der Waals surface area (Å²) in [6, 6.07) is 7.21. The molecule has 1 amide bonds. The summed E-state index contributed by atoms with van der Waals surface area (Å²) < 4.78 is 4.00. The van der Waals surface area contributed by atoms with Gasteiger partial charge in [0.15, 0.2) is 9.60 Å². The fraction of sp³-hybridized carbons (Fsp3) is 0.176. The molecule has 0 bridgehead atoms. The maximum absolute atomic E-state index is 12.6. The molecule has 3 aromatic rings. The number of carbonyl (C=O) groups excluding carboxylic acids is 1. The van der Waals surface area contributed by atoms with Crippen LogP contribution in [0.25, 0.3) is 10.3 Å². The normalized spacial score (nSPS) is 10.8. The monoisotopic (exact) mass is 406 g/mol. The molecule has 0 unspecified atom stereocenters. The molecule has 0 radical (unpaired) electrons. The van der Waals surface area contributed by atoms with Gasteiger partial charge in [-0.1, -0.05) is 41.1 Å². The Labute approximate surface area is 163 Å². The zero-order valence-electron chi connectivity index (χ0n) is 13.6. The van der Waals surface area contributed by atoms with Crippen LogP contribution in [0.1, 0.15) is 5.56 Å². The number of carbonyl (C=O) groups is 1. The van der Waals surface area contributed by atoms with Crippen molar-refractivity contribution in [1.29, 1.82) is 0 Å². The minimum atomic E-state index is -0.289. The first kappa shape index (κ1) is 18.5. The second kappa shape index (κ2) is 7.94. The van der Waals surface area contributed by atoms with Crippen LogP contribution < -0.4 is 10.9 Å². The molecule has 0 fully saturated rings. The number of halogens is 1. The summed E-state index contributed by atoms with van der Waals surface area (Å²) in [6.07, 6.45) is 3.06. The largest absolute Gasteiger partial charge is 0.350 e. The Morgan fingerprint density at radius 1 is 1.46 bits per heavy atom. The van der Waals surface area contributed by atoms with Crippen molar-refractivity contribution in [1.82, 2.24) is 19.4 Å². The average Bonchev–Trinajstić information content (AvgIpc) is 2.93. The van der Waals surface area contributed by atoms with Gasteiger partial charge in [-0.2, -0.15) is 0 Å². The van der Waals surface area contributed by atoms with Crippen LogP contribution in [0.15, 0.2) is 48.0 Å². The van der Waals surface area contributed by atoms with Gasteiger partial charge in [-0.05, 0) is 29.9 Å². The molecule has 9 heteroatoms. The minimum Gasteiger partial charge on any atom is -0.350 e. The molecule has 134 valence electrons. The van der Waals surface area contributed by atoms with E-state index in [9.17, 15) is 9.59 Å². The zero-order valence-corrected chi connectivity index (χ0v) is 16.0. The van der Waals surface area contributed by atoms with E-state index in [0.29, 0.717) is 32.4 Å². The Morgan fingerprint density at radius 2 is 2.27 bits per heavy atom. The van der Waals surface area contributed by atoms with E-state index in [0.717, 1.165) is 5.56 Å². The molecule has 6 nitrogen and oxygen atoms in total. The topological polar surface area (TPSA) is 68.9 Å². The molecule has 1 N–H and O–H groups in total. The summed E-state index contributed by atoms with van der Waals surface area (Å²) in [6.45, 7) is 4.38. The number of nitrogens with one attached hydrogen (secondary N) is 1. The molecule has 0 saturated heterocycles. The molecule has 0 atom stereocenters. The van der Waals surface area contributed by atoms with Crippen molar-refractivity contribution in [2.45, 2.75) is 19.6 Å². The van der Waals surface area contributed by atoms with Gasteiger partial charge < -0.3 is 9.88 Å². The third-order valence-electron chi connectivity index (χ3n) is 3.65. The number of allylic oxidation sites excluding steroid dienone is 1. The SMILES string of the molecule is C=CCn1c(=S)sc2c(=O)n(CC(=O)NCc3cccc(Cl)c3)cnc21. The molecule has 2 aromatic heterocycles. The Hall–Kier alpha value is -2.29. The quantitative estimate of drug-likeness (QED) is 0.504. The maximum atomic E-state index is 12.6. The van der Waals surface area contributed by atoms with Gasteiger partial charge in [0.25, 0.3) is 5.56 Å². The maximum Gasteiger partial charge on any atom is 0.273 e. The van der Waals surface area contributed by atoms with E-state index in [2.05, 4.69) is 16.9 Å². The van der Waals surface area contributed by atoms with Crippen molar-refractivity contribution in [2.24, 2.45) is 0 Å². The molecule has 0 aliphatic heterocycles. The number of thiazole rings is 1. The Balaban J connectivity index is 1.77. The van der Waals surface area contributed by atoms with E-state index >= 15 is 0 Å². The number of aromatic nitrogens is 3. The van der Waals surface area contributed by atoms with Crippen molar-refractivity contribution >= 4 is 51.4 Å². The van der Waals surface area contributed by atoms with Gasteiger partial charge in [-0.25, -0.2) is 4.98 Å². The summed E-state index contributed by atoms with van der Waals surface area (Å²) >= 11 is 12.4. The highest BCUT2D eigenvalue weighted by Crippen LogP contribution is 2.17. The van der Waals surface area contributed by atoms with E-state index in [1.807, 2.05) is 12.1 Å². The molecule has 0 spiro atoms. The summed E-state index contributed by atoms with van der Waals surface area (Å²) in [4.78, 5) is 29.1. The van der Waals surface area contributed by atoms with Crippen molar-refractivity contribution < 1.29 is 4.79 Å². The predicted octanol–water partition coefficient (Wildman–Crippen LogP) is 3.14. The molecule has 0 saturated carbocycles. The lowest BCUT2D eigenvalue weighted by Crippen LogP contribution is -2.32. The van der Waals surface area contributed by atoms with Crippen molar-refractivity contribution in [2.75, 3.05) is 0 Å². The summed E-state index contributed by atoms with van der Waals surface area (Å²) in [5.41, 5.74) is 1.11. The first-order valence-corrected chi connectivity index (χ1v) is 9.30. The van der Waals surface area contributed by atoms with E-state index < -0.39 is 0 Å². The van der Waals surface area contributed by atoms with Crippen LogP contribution in [0.2, 0.25) is 5.02 Å². The third-order valence-corrected chi connectivity index (χ3v) is 5.31. The molecule has 0 aliphatic carbocycles. The van der Waals surface area contributed by atoms with Crippen molar-refractivity contribution in [3.05, 3.63) is 68.1 Å². The summed E-state index contributed by atoms with van der Waals surface area (Å²) in [5.74, 6) is -0.289. The molecular formula is C17H15ClN4O2S2. The van der Waals surface area contributed by atoms with E-state index in [4.69, 9.17) is 23.8 Å². The predicted molar refractivity (Wildman–Crippen MR) is 106 cm³/mol. The van der Waals surface area contributed by atoms with Gasteiger partial charge in [0.2, 0.25) is 5.91 Å². The van der Waals surface area contributed by atoms with Crippen LogP contribution in [-0.4, -0.2) is 20.0 Å². The van der Waals surface area contributed by atoms with Crippen LogP contribution in [-0.2, 0) is 24.4 Å². The van der Waals surface area contributed by atoms with Crippen LogP contribution in [0.4, 0.5) is 0 Å². The van der Waals surface area contributed by atoms with E-state index in [1.54, 1.807) is 22.8 Å². The Bertz CT molecular complexity index is 1100. The van der Waals surface area contributed by atoms with Gasteiger partial charge in [-0.3, -0.25) is 14.2 Å². The van der Waals surface area contributed by atoms with Gasteiger partial charge in [-0.15, -0.1) is 6.58 Å². The fourth-order valence-electron chi connectivity index (χ4n) is 2.43. The number of hydrogen-bond donors (Lipinski definition) is 1. The second-order valence-corrected chi connectivity index (χ2v) is 7.58. The number of fused-ring (bicyclic) bond motifs is 1. The Morgan fingerprint density at radius 3 is 3.00 bits per heavy atom. The zero-order chi connectivity index (χ0) is 18.7. The van der Waals surface area contributed by atoms with Crippen LogP contribution >= 0.6 is 35.2 Å². The van der Waals surface area contributed by atoms with Gasteiger partial charge in [0.1, 0.15) is 17.6 Å². The summed E-state index contributed by atoms with van der Waals surface area (Å²) in [5, 5.41) is 3.37. The molecule has 0 aliphatic rings. The lowest BCUT2D eigenvalue weighted by molar-refractivity contribution is -0.121. The van der Waals surface area contributed by atoms with Crippen molar-refractivity contribution in [3.63, 3.8) is 0 Å². The van der Waals surface area contributed by atoms with Crippen LogP contribution in [0, 0.1) is 3.95 Å². The molecule has 3 rings (SSSR count). The number of rotatable bonds is 6. The van der Waals surface area contributed by atoms with Gasteiger partial charge in [0, 0.05) is 18.1 Å². The lowest BCUT2D eigenvalue weighted by Gasteiger charge is -2.08. The standard InChI is InChI=1S/C17H15ClN4O2S2/c1-2-6-22-15-14(26-17(22)25)16(24)21(10-20-15)9-13(23)19-8-11-4-3-5-12(18)7-11/h2-5,7,10H,1,6,8-9H2,(H,19,23). The lowest BCUT2D eigenvalue weighted by atomic mass is 10.2. The molecular weight excluding hydrogens is 392 g/mol. The van der Waals surface area contributed by atoms with Crippen LogP contribution in [0.3, 0.4) is 0 Å². The smallest absolute Gasteiger partial charge is 0.273 e. The minimum absolute atomic E-state index is 0.117. The number of nitrogens with zero attached hydrogens (tertiary/aromatic N) is 3. The first-order valence-electron chi connectivity index (χ1n) is 7.70. The number of hydrogen-bond acceptors (Lipinski definition) is 5. The van der Waals surface area contributed by atoms with Crippen LogP contribution in [0.5, 0.6) is 0 Å². The highest BCUT2D eigenvalue weighted by atomic mass is 35.5. The highest BCUT2D eigenvalue weighted by Gasteiger charge is 2.13. The first-order chi connectivity index (χ1) is 12.5. The number of amides is 1. The second-order valence-electron chi connectivity index (χ2n) is 5.50. The van der Waals surface area contributed by atoms with Gasteiger partial charge >= 0.3 is 0 Å². The third kappa shape index (κ3) is 3.92. The molecule has 1 aromatic carbocycles. The molecule has 26 heavy (non-hydrogen) atoms. The summed E-state index contributed by atoms with van der Waals surface area (Å²) in [7, 11) is 0. The molecule has 2 heterocycles. The van der Waals surface area contributed by atoms with Crippen molar-refractivity contribution in [3.8, 4) is 0 Å². The fourth-order valence-corrected chi connectivity index (χ4v) is 3.96. The average molecular weight is 407 g/mol. The van der Waals surface area contributed by atoms with Gasteiger partial charge in [0.05, 0.1) is 0 Å².